The summed E-state index contributed by atoms with van der Waals surface area (Å²) in [4.78, 5) is 16.2. The lowest BCUT2D eigenvalue weighted by atomic mass is 10.1. The zero-order valence-corrected chi connectivity index (χ0v) is 13.3. The van der Waals surface area contributed by atoms with E-state index in [9.17, 15) is 14.3 Å². The number of nitrogens with zero attached hydrogens (tertiary/aromatic N) is 1. The summed E-state index contributed by atoms with van der Waals surface area (Å²) < 4.78 is 14.1. The molecule has 0 spiro atoms. The Morgan fingerprint density at radius 2 is 2.08 bits per heavy atom. The Labute approximate surface area is 142 Å². The van der Waals surface area contributed by atoms with E-state index in [0.29, 0.717) is 21.4 Å². The summed E-state index contributed by atoms with van der Waals surface area (Å²) in [7, 11) is 0. The molecule has 0 saturated heterocycles. The van der Waals surface area contributed by atoms with E-state index in [-0.39, 0.29) is 12.1 Å². The third kappa shape index (κ3) is 3.53. The molecule has 2 N–H and O–H groups in total. The maximum absolute atomic E-state index is 14.1. The Balaban J connectivity index is 1.74. The molecule has 0 aliphatic rings. The van der Waals surface area contributed by atoms with Crippen molar-refractivity contribution >= 4 is 28.3 Å². The minimum absolute atomic E-state index is 0.0519. The Kier molecular flexibility index (Phi) is 4.74. The van der Waals surface area contributed by atoms with Gasteiger partial charge in [-0.2, -0.15) is 0 Å². The van der Waals surface area contributed by atoms with Crippen LogP contribution in [0.3, 0.4) is 0 Å². The maximum Gasteiger partial charge on any atom is 0.254 e. The fourth-order valence-electron chi connectivity index (χ4n) is 2.40. The topological polar surface area (TPSA) is 62.2 Å². The monoisotopic (exact) mass is 344 g/mol. The van der Waals surface area contributed by atoms with Crippen LogP contribution in [0.5, 0.6) is 0 Å². The van der Waals surface area contributed by atoms with Gasteiger partial charge in [-0.15, -0.1) is 0 Å². The van der Waals surface area contributed by atoms with E-state index in [0.717, 1.165) is 0 Å². The third-order valence-electron chi connectivity index (χ3n) is 3.66. The zero-order valence-electron chi connectivity index (χ0n) is 12.5. The average molecular weight is 345 g/mol. The van der Waals surface area contributed by atoms with E-state index in [4.69, 9.17) is 11.6 Å². The highest BCUT2D eigenvalue weighted by Crippen LogP contribution is 2.19. The molecule has 6 heteroatoms. The molecule has 0 radical (unpaired) electrons. The number of hydrogen-bond acceptors (Lipinski definition) is 3. The Morgan fingerprint density at radius 1 is 1.25 bits per heavy atom. The van der Waals surface area contributed by atoms with Crippen LogP contribution in [0, 0.1) is 5.82 Å². The molecule has 0 aliphatic carbocycles. The lowest BCUT2D eigenvalue weighted by Crippen LogP contribution is -2.29. The number of halogens is 2. The molecule has 0 aliphatic heterocycles. The van der Waals surface area contributed by atoms with Crippen molar-refractivity contribution < 1.29 is 14.3 Å². The molecule has 1 aromatic heterocycles. The number of pyridine rings is 1. The van der Waals surface area contributed by atoms with E-state index >= 15 is 0 Å². The number of aromatic nitrogens is 1. The first kappa shape index (κ1) is 16.4. The second-order valence-electron chi connectivity index (χ2n) is 5.34. The Morgan fingerprint density at radius 3 is 2.88 bits per heavy atom. The molecule has 4 nitrogen and oxygen atoms in total. The van der Waals surface area contributed by atoms with Gasteiger partial charge < -0.3 is 10.4 Å². The number of carbonyl (C=O) groups excluding carboxylic acids is 1. The number of aliphatic hydroxyl groups excluding tert-OH is 1. The number of benzene rings is 2. The summed E-state index contributed by atoms with van der Waals surface area (Å²) >= 11 is 5.87. The number of amides is 1. The van der Waals surface area contributed by atoms with Crippen LogP contribution in [-0.2, 0) is 0 Å². The van der Waals surface area contributed by atoms with E-state index in [2.05, 4.69) is 10.3 Å². The Hall–Kier alpha value is -2.50. The first-order valence-corrected chi connectivity index (χ1v) is 7.67. The smallest absolute Gasteiger partial charge is 0.254 e. The average Bonchev–Trinajstić information content (AvgIpc) is 2.58. The number of hydrogen-bond donors (Lipinski definition) is 2. The standard InChI is InChI=1S/C18H14ClFN2O2/c19-14-3-1-2-12(6-14)17(23)10-22-18(24)15-7-13-9-21-5-4-11(13)8-16(15)20/h1-9,17,23H,10H2,(H,22,24). The second-order valence-corrected chi connectivity index (χ2v) is 5.77. The van der Waals surface area contributed by atoms with Crippen LogP contribution in [0.4, 0.5) is 4.39 Å². The summed E-state index contributed by atoms with van der Waals surface area (Å²) in [6.45, 7) is -0.0519. The van der Waals surface area contributed by atoms with Crippen molar-refractivity contribution in [3.8, 4) is 0 Å². The molecular weight excluding hydrogens is 331 g/mol. The fraction of sp³-hybridized carbons (Fsp3) is 0.111. The van der Waals surface area contributed by atoms with Gasteiger partial charge in [-0.05, 0) is 41.3 Å². The molecule has 3 aromatic rings. The van der Waals surface area contributed by atoms with Crippen molar-refractivity contribution in [2.24, 2.45) is 0 Å². The van der Waals surface area contributed by atoms with Gasteiger partial charge in [0.25, 0.3) is 5.91 Å². The largest absolute Gasteiger partial charge is 0.387 e. The number of carbonyl (C=O) groups is 1. The fourth-order valence-corrected chi connectivity index (χ4v) is 2.60. The van der Waals surface area contributed by atoms with Gasteiger partial charge >= 0.3 is 0 Å². The minimum Gasteiger partial charge on any atom is -0.387 e. The maximum atomic E-state index is 14.1. The quantitative estimate of drug-likeness (QED) is 0.761. The minimum atomic E-state index is -0.933. The van der Waals surface area contributed by atoms with Crippen LogP contribution >= 0.6 is 11.6 Å². The summed E-state index contributed by atoms with van der Waals surface area (Å²) in [5, 5.41) is 14.5. The molecule has 122 valence electrons. The summed E-state index contributed by atoms with van der Waals surface area (Å²) in [5.74, 6) is -1.22. The van der Waals surface area contributed by atoms with E-state index in [1.807, 2.05) is 0 Å². The predicted octanol–water partition coefficient (Wildman–Crippen LogP) is 3.49. The first-order valence-electron chi connectivity index (χ1n) is 7.29. The van der Waals surface area contributed by atoms with Gasteiger partial charge in [-0.3, -0.25) is 9.78 Å². The van der Waals surface area contributed by atoms with Crippen LogP contribution in [0.1, 0.15) is 22.0 Å². The van der Waals surface area contributed by atoms with Crippen LogP contribution < -0.4 is 5.32 Å². The summed E-state index contributed by atoms with van der Waals surface area (Å²) in [6.07, 6.45) is 2.19. The third-order valence-corrected chi connectivity index (χ3v) is 3.90. The molecule has 0 fully saturated rings. The number of rotatable bonds is 4. The molecular formula is C18H14ClFN2O2. The van der Waals surface area contributed by atoms with Crippen LogP contribution in [-0.4, -0.2) is 22.5 Å². The van der Waals surface area contributed by atoms with Crippen LogP contribution in [0.25, 0.3) is 10.8 Å². The van der Waals surface area contributed by atoms with Gasteiger partial charge in [-0.25, -0.2) is 4.39 Å². The first-order chi connectivity index (χ1) is 11.5. The zero-order chi connectivity index (χ0) is 17.1. The molecule has 2 aromatic carbocycles. The lowest BCUT2D eigenvalue weighted by Gasteiger charge is -2.13. The van der Waals surface area contributed by atoms with Crippen molar-refractivity contribution in [1.29, 1.82) is 0 Å². The van der Waals surface area contributed by atoms with Crippen molar-refractivity contribution in [1.82, 2.24) is 10.3 Å². The van der Waals surface area contributed by atoms with Crippen molar-refractivity contribution in [2.45, 2.75) is 6.10 Å². The highest BCUT2D eigenvalue weighted by atomic mass is 35.5. The van der Waals surface area contributed by atoms with E-state index in [1.54, 1.807) is 42.7 Å². The molecule has 1 heterocycles. The number of aliphatic hydroxyl groups is 1. The van der Waals surface area contributed by atoms with Gasteiger partial charge in [0.15, 0.2) is 0 Å². The van der Waals surface area contributed by atoms with Crippen LogP contribution in [0.2, 0.25) is 5.02 Å². The molecule has 1 unspecified atom stereocenters. The summed E-state index contributed by atoms with van der Waals surface area (Å²) in [5.41, 5.74) is 0.486. The molecule has 1 atom stereocenters. The Bertz CT molecular complexity index is 901. The van der Waals surface area contributed by atoms with Gasteiger partial charge in [0.05, 0.1) is 11.7 Å². The lowest BCUT2D eigenvalue weighted by molar-refractivity contribution is 0.0912. The van der Waals surface area contributed by atoms with Gasteiger partial charge in [0.1, 0.15) is 5.82 Å². The molecule has 1 amide bonds. The van der Waals surface area contributed by atoms with Gasteiger partial charge in [0, 0.05) is 29.3 Å². The highest BCUT2D eigenvalue weighted by molar-refractivity contribution is 6.30. The van der Waals surface area contributed by atoms with Crippen molar-refractivity contribution in [2.75, 3.05) is 6.54 Å². The van der Waals surface area contributed by atoms with Crippen LogP contribution in [0.15, 0.2) is 54.9 Å². The number of fused-ring (bicyclic) bond motifs is 1. The molecule has 0 saturated carbocycles. The number of nitrogens with one attached hydrogen (secondary N) is 1. The molecule has 0 bridgehead atoms. The van der Waals surface area contributed by atoms with Crippen molar-refractivity contribution in [3.05, 3.63) is 76.8 Å². The predicted molar refractivity (Wildman–Crippen MR) is 90.4 cm³/mol. The summed E-state index contributed by atoms with van der Waals surface area (Å²) in [6, 6.07) is 11.1. The second kappa shape index (κ2) is 6.95. The molecule has 24 heavy (non-hydrogen) atoms. The van der Waals surface area contributed by atoms with Crippen molar-refractivity contribution in [3.63, 3.8) is 0 Å². The van der Waals surface area contributed by atoms with E-state index < -0.39 is 17.8 Å². The van der Waals surface area contributed by atoms with Gasteiger partial charge in [-0.1, -0.05) is 23.7 Å². The van der Waals surface area contributed by atoms with E-state index in [1.165, 1.54) is 12.1 Å². The highest BCUT2D eigenvalue weighted by Gasteiger charge is 2.15. The molecule has 3 rings (SSSR count). The normalized spacial score (nSPS) is 12.1. The van der Waals surface area contributed by atoms with Gasteiger partial charge in [0.2, 0.25) is 0 Å². The SMILES string of the molecule is O=C(NCC(O)c1cccc(Cl)c1)c1cc2cnccc2cc1F.